The molecule has 0 unspecified atom stereocenters. The lowest BCUT2D eigenvalue weighted by Gasteiger charge is -2.13. The van der Waals surface area contributed by atoms with E-state index in [2.05, 4.69) is 9.97 Å². The largest absolute Gasteiger partial charge is 0.494 e. The summed E-state index contributed by atoms with van der Waals surface area (Å²) in [7, 11) is 2.54. The number of methoxy groups -OCH3 is 2. The van der Waals surface area contributed by atoms with Gasteiger partial charge in [0.15, 0.2) is 28.9 Å². The predicted octanol–water partition coefficient (Wildman–Crippen LogP) is 3.00. The SMILES string of the molecule is COc1cc(OC)c(F)c(COc2cnc(Cl)nc2)c1F. The highest BCUT2D eigenvalue weighted by atomic mass is 35.5. The number of hydrogen-bond donors (Lipinski definition) is 0. The van der Waals surface area contributed by atoms with Gasteiger partial charge in [-0.3, -0.25) is 0 Å². The van der Waals surface area contributed by atoms with E-state index in [-0.39, 0.29) is 34.7 Å². The second kappa shape index (κ2) is 6.53. The fourth-order valence-corrected chi connectivity index (χ4v) is 1.69. The Hall–Kier alpha value is -2.15. The van der Waals surface area contributed by atoms with Crippen LogP contribution in [0.2, 0.25) is 5.28 Å². The molecule has 0 N–H and O–H groups in total. The van der Waals surface area contributed by atoms with Gasteiger partial charge in [-0.05, 0) is 11.6 Å². The summed E-state index contributed by atoms with van der Waals surface area (Å²) < 4.78 is 43.0. The van der Waals surface area contributed by atoms with E-state index in [1.807, 2.05) is 0 Å². The molecule has 1 aromatic carbocycles. The average molecular weight is 317 g/mol. The molecule has 0 aliphatic carbocycles. The predicted molar refractivity (Wildman–Crippen MR) is 70.8 cm³/mol. The van der Waals surface area contributed by atoms with Crippen LogP contribution in [-0.4, -0.2) is 24.2 Å². The number of hydrogen-bond acceptors (Lipinski definition) is 5. The lowest BCUT2D eigenvalue weighted by atomic mass is 10.1. The highest BCUT2D eigenvalue weighted by molar-refractivity contribution is 6.28. The molecule has 1 heterocycles. The Labute approximate surface area is 124 Å². The third-order valence-electron chi connectivity index (χ3n) is 2.64. The van der Waals surface area contributed by atoms with Crippen LogP contribution < -0.4 is 14.2 Å². The van der Waals surface area contributed by atoms with Gasteiger partial charge in [0.1, 0.15) is 6.61 Å². The fourth-order valence-electron chi connectivity index (χ4n) is 1.59. The molecule has 0 bridgehead atoms. The molecule has 5 nitrogen and oxygen atoms in total. The van der Waals surface area contributed by atoms with Crippen molar-refractivity contribution in [2.24, 2.45) is 0 Å². The van der Waals surface area contributed by atoms with Gasteiger partial charge in [-0.1, -0.05) is 0 Å². The van der Waals surface area contributed by atoms with Crippen LogP contribution in [0.25, 0.3) is 0 Å². The smallest absolute Gasteiger partial charge is 0.222 e. The summed E-state index contributed by atoms with van der Waals surface area (Å²) in [4.78, 5) is 7.39. The maximum absolute atomic E-state index is 14.1. The first kappa shape index (κ1) is 15.2. The highest BCUT2D eigenvalue weighted by Gasteiger charge is 2.20. The third-order valence-corrected chi connectivity index (χ3v) is 2.84. The maximum Gasteiger partial charge on any atom is 0.222 e. The Morgan fingerprint density at radius 2 is 1.57 bits per heavy atom. The zero-order valence-electron chi connectivity index (χ0n) is 11.2. The van der Waals surface area contributed by atoms with Crippen molar-refractivity contribution in [3.05, 3.63) is 40.9 Å². The monoisotopic (exact) mass is 316 g/mol. The molecule has 0 atom stereocenters. The topological polar surface area (TPSA) is 53.5 Å². The number of rotatable bonds is 5. The van der Waals surface area contributed by atoms with Gasteiger partial charge < -0.3 is 14.2 Å². The molecule has 112 valence electrons. The van der Waals surface area contributed by atoms with Gasteiger partial charge in [-0.15, -0.1) is 0 Å². The molecule has 0 saturated carbocycles. The molecular formula is C13H11ClF2N2O3. The summed E-state index contributed by atoms with van der Waals surface area (Å²) in [5.41, 5.74) is -0.318. The minimum atomic E-state index is -0.856. The van der Waals surface area contributed by atoms with E-state index in [1.54, 1.807) is 0 Å². The molecule has 0 amide bonds. The first-order valence-corrected chi connectivity index (χ1v) is 6.13. The van der Waals surface area contributed by atoms with Crippen LogP contribution in [0.1, 0.15) is 5.56 Å². The third kappa shape index (κ3) is 3.30. The Morgan fingerprint density at radius 1 is 1.05 bits per heavy atom. The Bertz CT molecular complexity index is 610. The summed E-state index contributed by atoms with van der Waals surface area (Å²) >= 11 is 5.53. The van der Waals surface area contributed by atoms with Crippen molar-refractivity contribution in [2.75, 3.05) is 14.2 Å². The molecular weight excluding hydrogens is 306 g/mol. The Morgan fingerprint density at radius 3 is 2.05 bits per heavy atom. The molecule has 21 heavy (non-hydrogen) atoms. The molecule has 2 rings (SSSR count). The van der Waals surface area contributed by atoms with E-state index in [4.69, 9.17) is 25.8 Å². The molecule has 0 aliphatic heterocycles. The van der Waals surface area contributed by atoms with Gasteiger partial charge in [0, 0.05) is 6.07 Å². The van der Waals surface area contributed by atoms with Gasteiger partial charge in [0.2, 0.25) is 5.28 Å². The fraction of sp³-hybridized carbons (Fsp3) is 0.231. The van der Waals surface area contributed by atoms with Crippen molar-refractivity contribution in [3.8, 4) is 17.2 Å². The van der Waals surface area contributed by atoms with Crippen molar-refractivity contribution in [1.29, 1.82) is 0 Å². The summed E-state index contributed by atoms with van der Waals surface area (Å²) in [5, 5.41) is 0.0442. The van der Waals surface area contributed by atoms with Crippen LogP contribution in [0.15, 0.2) is 18.5 Å². The first-order valence-electron chi connectivity index (χ1n) is 5.76. The summed E-state index contributed by atoms with van der Waals surface area (Å²) in [6, 6.07) is 1.12. The van der Waals surface area contributed by atoms with E-state index in [9.17, 15) is 8.78 Å². The van der Waals surface area contributed by atoms with Gasteiger partial charge in [0.05, 0.1) is 32.2 Å². The quantitative estimate of drug-likeness (QED) is 0.794. The van der Waals surface area contributed by atoms with Gasteiger partial charge in [0.25, 0.3) is 0 Å². The van der Waals surface area contributed by atoms with Crippen LogP contribution in [0, 0.1) is 11.6 Å². The average Bonchev–Trinajstić information content (AvgIpc) is 2.49. The number of nitrogens with zero attached hydrogens (tertiary/aromatic N) is 2. The van der Waals surface area contributed by atoms with Crippen molar-refractivity contribution >= 4 is 11.6 Å². The van der Waals surface area contributed by atoms with Crippen LogP contribution in [0.4, 0.5) is 8.78 Å². The zero-order chi connectivity index (χ0) is 15.4. The van der Waals surface area contributed by atoms with E-state index in [1.165, 1.54) is 26.6 Å². The number of aromatic nitrogens is 2. The standard InChI is InChI=1S/C13H11ClF2N2O3/c1-19-9-3-10(20-2)12(16)8(11(9)15)6-21-7-4-17-13(14)18-5-7/h3-5H,6H2,1-2H3. The van der Waals surface area contributed by atoms with Crippen molar-refractivity contribution in [1.82, 2.24) is 9.97 Å². The van der Waals surface area contributed by atoms with Gasteiger partial charge >= 0.3 is 0 Å². The molecule has 0 radical (unpaired) electrons. The van der Waals surface area contributed by atoms with Gasteiger partial charge in [-0.25, -0.2) is 18.7 Å². The van der Waals surface area contributed by atoms with Crippen LogP contribution in [-0.2, 0) is 6.61 Å². The lowest BCUT2D eigenvalue weighted by molar-refractivity contribution is 0.280. The Kier molecular flexibility index (Phi) is 4.74. The molecule has 0 saturated heterocycles. The van der Waals surface area contributed by atoms with Gasteiger partial charge in [-0.2, -0.15) is 0 Å². The normalized spacial score (nSPS) is 10.3. The maximum atomic E-state index is 14.1. The van der Waals surface area contributed by atoms with E-state index in [0.29, 0.717) is 0 Å². The van der Waals surface area contributed by atoms with Crippen LogP contribution >= 0.6 is 11.6 Å². The molecule has 8 heteroatoms. The summed E-state index contributed by atoms with van der Waals surface area (Å²) in [6.07, 6.45) is 2.59. The molecule has 0 aliphatic rings. The molecule has 1 aromatic heterocycles. The molecule has 0 spiro atoms. The van der Waals surface area contributed by atoms with E-state index in [0.717, 1.165) is 6.07 Å². The van der Waals surface area contributed by atoms with Crippen molar-refractivity contribution in [2.45, 2.75) is 6.61 Å². The minimum Gasteiger partial charge on any atom is -0.494 e. The van der Waals surface area contributed by atoms with Crippen molar-refractivity contribution < 1.29 is 23.0 Å². The number of halogens is 3. The van der Waals surface area contributed by atoms with Crippen molar-refractivity contribution in [3.63, 3.8) is 0 Å². The minimum absolute atomic E-state index is 0.0442. The summed E-state index contributed by atoms with van der Waals surface area (Å²) in [6.45, 7) is -0.379. The molecule has 0 fully saturated rings. The second-order valence-corrected chi connectivity index (χ2v) is 4.20. The summed E-state index contributed by atoms with van der Waals surface area (Å²) in [5.74, 6) is -1.77. The van der Waals surface area contributed by atoms with E-state index >= 15 is 0 Å². The Balaban J connectivity index is 2.28. The zero-order valence-corrected chi connectivity index (χ0v) is 11.9. The molecule has 2 aromatic rings. The number of benzene rings is 1. The lowest BCUT2D eigenvalue weighted by Crippen LogP contribution is -2.06. The second-order valence-electron chi connectivity index (χ2n) is 3.86. The van der Waals surface area contributed by atoms with Crippen LogP contribution in [0.5, 0.6) is 17.2 Å². The first-order chi connectivity index (χ1) is 10.1. The van der Waals surface area contributed by atoms with Crippen LogP contribution in [0.3, 0.4) is 0 Å². The van der Waals surface area contributed by atoms with E-state index < -0.39 is 11.6 Å². The number of ether oxygens (including phenoxy) is 3. The highest BCUT2D eigenvalue weighted by Crippen LogP contribution is 2.31.